The van der Waals surface area contributed by atoms with Crippen molar-refractivity contribution in [3.8, 4) is 11.3 Å². The number of thioether (sulfide) groups is 1. The summed E-state index contributed by atoms with van der Waals surface area (Å²) in [5, 5.41) is 5.74. The van der Waals surface area contributed by atoms with Crippen molar-refractivity contribution < 1.29 is 18.4 Å². The van der Waals surface area contributed by atoms with Crippen LogP contribution in [0, 0.1) is 11.6 Å². The number of thiazole rings is 1. The van der Waals surface area contributed by atoms with Gasteiger partial charge in [0.2, 0.25) is 5.91 Å². The molecule has 0 bridgehead atoms. The summed E-state index contributed by atoms with van der Waals surface area (Å²) >= 11 is 2.40. The molecule has 1 heterocycles. The van der Waals surface area contributed by atoms with Crippen LogP contribution in [-0.2, 0) is 4.79 Å². The van der Waals surface area contributed by atoms with E-state index in [0.29, 0.717) is 27.6 Å². The Kier molecular flexibility index (Phi) is 7.31. The van der Waals surface area contributed by atoms with Gasteiger partial charge in [0.15, 0.2) is 4.34 Å². The van der Waals surface area contributed by atoms with E-state index < -0.39 is 17.5 Å². The molecule has 9 heteroatoms. The number of nitrogens with one attached hydrogen (secondary N) is 2. The molecule has 0 saturated carbocycles. The third kappa shape index (κ3) is 5.52. The molecular weight excluding hydrogens is 428 g/mol. The lowest BCUT2D eigenvalue weighted by Gasteiger charge is -2.06. The van der Waals surface area contributed by atoms with Crippen LogP contribution in [0.2, 0.25) is 0 Å². The van der Waals surface area contributed by atoms with Gasteiger partial charge in [0.05, 0.1) is 11.3 Å². The summed E-state index contributed by atoms with van der Waals surface area (Å²) in [6, 6.07) is 11.9. The largest absolute Gasteiger partial charge is 0.352 e. The Morgan fingerprint density at radius 3 is 2.63 bits per heavy atom. The fourth-order valence-electron chi connectivity index (χ4n) is 2.45. The van der Waals surface area contributed by atoms with Crippen molar-refractivity contribution in [2.45, 2.75) is 4.34 Å². The second-order valence-electron chi connectivity index (χ2n) is 5.98. The molecule has 30 heavy (non-hydrogen) atoms. The van der Waals surface area contributed by atoms with Crippen LogP contribution < -0.4 is 10.6 Å². The van der Waals surface area contributed by atoms with Crippen LogP contribution in [0.5, 0.6) is 0 Å². The van der Waals surface area contributed by atoms with Gasteiger partial charge in [-0.3, -0.25) is 9.59 Å². The van der Waals surface area contributed by atoms with Gasteiger partial charge < -0.3 is 10.6 Å². The van der Waals surface area contributed by atoms with Crippen LogP contribution in [-0.4, -0.2) is 29.1 Å². The first kappa shape index (κ1) is 21.7. The predicted molar refractivity (Wildman–Crippen MR) is 116 cm³/mol. The van der Waals surface area contributed by atoms with E-state index in [1.165, 1.54) is 23.1 Å². The van der Waals surface area contributed by atoms with Crippen molar-refractivity contribution in [3.63, 3.8) is 0 Å². The van der Waals surface area contributed by atoms with Gasteiger partial charge in [-0.1, -0.05) is 59.5 Å². The molecule has 3 aromatic rings. The molecule has 0 saturated heterocycles. The smallest absolute Gasteiger partial charge is 0.259 e. The topological polar surface area (TPSA) is 71.1 Å². The highest BCUT2D eigenvalue weighted by Crippen LogP contribution is 2.37. The number of amides is 2. The Balaban J connectivity index is 1.84. The van der Waals surface area contributed by atoms with Crippen molar-refractivity contribution in [1.82, 2.24) is 10.3 Å². The Labute approximate surface area is 180 Å². The number of halogens is 2. The molecule has 2 amide bonds. The SMILES string of the molecule is C=CCNC(=O)CSc1nc(-c2ccccc2)c(NC(=O)c2ccc(F)cc2F)s1. The van der Waals surface area contributed by atoms with Gasteiger partial charge >= 0.3 is 0 Å². The Morgan fingerprint density at radius 1 is 1.17 bits per heavy atom. The van der Waals surface area contributed by atoms with Crippen LogP contribution in [0.4, 0.5) is 13.8 Å². The number of anilines is 1. The zero-order valence-corrected chi connectivity index (χ0v) is 17.3. The molecule has 0 aliphatic rings. The standard InChI is InChI=1S/C21H17F2N3O2S2/c1-2-10-24-17(27)12-29-21-25-18(13-6-4-3-5-7-13)20(30-21)26-19(28)15-9-8-14(22)11-16(15)23/h2-9,11H,1,10,12H2,(H,24,27)(H,26,28). The summed E-state index contributed by atoms with van der Waals surface area (Å²) in [6.45, 7) is 3.92. The van der Waals surface area contributed by atoms with E-state index in [0.717, 1.165) is 17.7 Å². The molecular formula is C21H17F2N3O2S2. The van der Waals surface area contributed by atoms with Gasteiger partial charge in [0.1, 0.15) is 22.3 Å². The van der Waals surface area contributed by atoms with Crippen LogP contribution in [0.25, 0.3) is 11.3 Å². The Bertz CT molecular complexity index is 1070. The number of nitrogens with zero attached hydrogens (tertiary/aromatic N) is 1. The number of hydrogen-bond acceptors (Lipinski definition) is 5. The molecule has 2 aromatic carbocycles. The molecule has 0 aliphatic heterocycles. The summed E-state index contributed by atoms with van der Waals surface area (Å²) < 4.78 is 27.7. The van der Waals surface area contributed by atoms with Crippen molar-refractivity contribution in [2.24, 2.45) is 0 Å². The molecule has 2 N–H and O–H groups in total. The first-order chi connectivity index (χ1) is 14.5. The van der Waals surface area contributed by atoms with E-state index in [1.54, 1.807) is 6.08 Å². The second kappa shape index (κ2) is 10.1. The van der Waals surface area contributed by atoms with Gasteiger partial charge in [0, 0.05) is 18.2 Å². The van der Waals surface area contributed by atoms with Gasteiger partial charge in [-0.05, 0) is 12.1 Å². The lowest BCUT2D eigenvalue weighted by atomic mass is 10.1. The zero-order chi connectivity index (χ0) is 21.5. The van der Waals surface area contributed by atoms with Crippen molar-refractivity contribution >= 4 is 39.9 Å². The minimum absolute atomic E-state index is 0.148. The number of aromatic nitrogens is 1. The third-order valence-corrected chi connectivity index (χ3v) is 5.94. The lowest BCUT2D eigenvalue weighted by Crippen LogP contribution is -2.24. The molecule has 1 aromatic heterocycles. The highest BCUT2D eigenvalue weighted by molar-refractivity contribution is 8.01. The quantitative estimate of drug-likeness (QED) is 0.388. The van der Waals surface area contributed by atoms with Crippen LogP contribution >= 0.6 is 23.1 Å². The molecule has 5 nitrogen and oxygen atoms in total. The van der Waals surface area contributed by atoms with Crippen molar-refractivity contribution in [2.75, 3.05) is 17.6 Å². The number of carbonyl (C=O) groups is 2. The summed E-state index contributed by atoms with van der Waals surface area (Å²) in [6.07, 6.45) is 1.59. The Hall–Kier alpha value is -3.04. The van der Waals surface area contributed by atoms with Crippen LogP contribution in [0.3, 0.4) is 0 Å². The van der Waals surface area contributed by atoms with E-state index in [-0.39, 0.29) is 17.2 Å². The molecule has 0 fully saturated rings. The van der Waals surface area contributed by atoms with E-state index in [2.05, 4.69) is 22.2 Å². The highest BCUT2D eigenvalue weighted by atomic mass is 32.2. The number of hydrogen-bond donors (Lipinski definition) is 2. The molecule has 0 spiro atoms. The average Bonchev–Trinajstić information content (AvgIpc) is 3.13. The average molecular weight is 446 g/mol. The summed E-state index contributed by atoms with van der Waals surface area (Å²) in [5.41, 5.74) is 0.985. The first-order valence-corrected chi connectivity index (χ1v) is 10.6. The lowest BCUT2D eigenvalue weighted by molar-refractivity contribution is -0.118. The summed E-state index contributed by atoms with van der Waals surface area (Å²) in [5.74, 6) is -2.45. The number of rotatable bonds is 8. The minimum atomic E-state index is -0.952. The molecule has 154 valence electrons. The van der Waals surface area contributed by atoms with Crippen molar-refractivity contribution in [3.05, 3.63) is 78.4 Å². The minimum Gasteiger partial charge on any atom is -0.352 e. The van der Waals surface area contributed by atoms with Gasteiger partial charge in [-0.2, -0.15) is 0 Å². The molecule has 0 unspecified atom stereocenters. The maximum Gasteiger partial charge on any atom is 0.259 e. The van der Waals surface area contributed by atoms with Gasteiger partial charge in [0.25, 0.3) is 5.91 Å². The normalized spacial score (nSPS) is 10.5. The maximum atomic E-state index is 14.0. The van der Waals surface area contributed by atoms with E-state index in [9.17, 15) is 18.4 Å². The molecule has 3 rings (SSSR count). The monoisotopic (exact) mass is 445 g/mol. The maximum absolute atomic E-state index is 14.0. The van der Waals surface area contributed by atoms with E-state index in [1.807, 2.05) is 30.3 Å². The summed E-state index contributed by atoms with van der Waals surface area (Å²) in [7, 11) is 0. The van der Waals surface area contributed by atoms with Crippen LogP contribution in [0.1, 0.15) is 10.4 Å². The second-order valence-corrected chi connectivity index (χ2v) is 8.20. The fourth-order valence-corrected chi connectivity index (χ4v) is 4.34. The highest BCUT2D eigenvalue weighted by Gasteiger charge is 2.19. The van der Waals surface area contributed by atoms with Gasteiger partial charge in [-0.25, -0.2) is 13.8 Å². The molecule has 0 aliphatic carbocycles. The fraction of sp³-hybridized carbons (Fsp3) is 0.0952. The predicted octanol–water partition coefficient (Wildman–Crippen LogP) is 4.73. The zero-order valence-electron chi connectivity index (χ0n) is 15.7. The van der Waals surface area contributed by atoms with E-state index >= 15 is 0 Å². The number of carbonyl (C=O) groups excluding carboxylic acids is 2. The van der Waals surface area contributed by atoms with Crippen molar-refractivity contribution in [1.29, 1.82) is 0 Å². The first-order valence-electron chi connectivity index (χ1n) is 8.81. The van der Waals surface area contributed by atoms with E-state index in [4.69, 9.17) is 0 Å². The molecule has 0 atom stereocenters. The number of benzene rings is 2. The third-order valence-electron chi connectivity index (χ3n) is 3.83. The van der Waals surface area contributed by atoms with Gasteiger partial charge in [-0.15, -0.1) is 6.58 Å². The molecule has 0 radical (unpaired) electrons. The Morgan fingerprint density at radius 2 is 1.93 bits per heavy atom. The summed E-state index contributed by atoms with van der Waals surface area (Å²) in [4.78, 5) is 28.9. The van der Waals surface area contributed by atoms with Crippen LogP contribution in [0.15, 0.2) is 65.5 Å².